The maximum atomic E-state index is 13.0. The standard InChI is InChI=1S/C19H18N2O5/c1-11-9-13-15(17(26-3)16(19(24)25)20(13)2)18(23)21(11)10-14(22)12-7-5-4-6-8-12/h4-9H,10H2,1-3H3,(H,24,25). The Bertz CT molecular complexity index is 1080. The summed E-state index contributed by atoms with van der Waals surface area (Å²) < 4.78 is 7.96. The molecular weight excluding hydrogens is 336 g/mol. The minimum Gasteiger partial charge on any atom is -0.493 e. The zero-order valence-electron chi connectivity index (χ0n) is 14.6. The highest BCUT2D eigenvalue weighted by molar-refractivity contribution is 6.01. The lowest BCUT2D eigenvalue weighted by Gasteiger charge is -2.10. The van der Waals surface area contributed by atoms with E-state index in [4.69, 9.17) is 4.74 Å². The van der Waals surface area contributed by atoms with Gasteiger partial charge in [-0.3, -0.25) is 9.59 Å². The highest BCUT2D eigenvalue weighted by Crippen LogP contribution is 2.30. The molecule has 2 heterocycles. The molecule has 134 valence electrons. The van der Waals surface area contributed by atoms with Gasteiger partial charge in [-0.15, -0.1) is 0 Å². The van der Waals surface area contributed by atoms with Gasteiger partial charge in [0.1, 0.15) is 5.39 Å². The van der Waals surface area contributed by atoms with Gasteiger partial charge in [0.05, 0.1) is 19.2 Å². The van der Waals surface area contributed by atoms with Crippen molar-refractivity contribution in [1.29, 1.82) is 0 Å². The zero-order chi connectivity index (χ0) is 19.0. The van der Waals surface area contributed by atoms with E-state index in [1.807, 2.05) is 6.07 Å². The van der Waals surface area contributed by atoms with Crippen LogP contribution in [0.1, 0.15) is 26.5 Å². The molecule has 0 aliphatic rings. The highest BCUT2D eigenvalue weighted by Gasteiger charge is 2.25. The molecule has 3 aromatic rings. The second-order valence-electron chi connectivity index (χ2n) is 5.97. The number of carboxylic acids is 1. The lowest BCUT2D eigenvalue weighted by molar-refractivity contribution is 0.0683. The average molecular weight is 354 g/mol. The first-order valence-corrected chi connectivity index (χ1v) is 7.95. The van der Waals surface area contributed by atoms with Crippen molar-refractivity contribution in [1.82, 2.24) is 9.13 Å². The number of hydrogen-bond acceptors (Lipinski definition) is 4. The molecule has 3 rings (SSSR count). The minimum atomic E-state index is -1.19. The molecule has 0 amide bonds. The van der Waals surface area contributed by atoms with Gasteiger partial charge in [0, 0.05) is 18.3 Å². The summed E-state index contributed by atoms with van der Waals surface area (Å²) in [6.45, 7) is 1.57. The highest BCUT2D eigenvalue weighted by atomic mass is 16.5. The summed E-state index contributed by atoms with van der Waals surface area (Å²) in [6.07, 6.45) is 0. The van der Waals surface area contributed by atoms with Gasteiger partial charge in [-0.25, -0.2) is 4.79 Å². The van der Waals surface area contributed by atoms with Crippen LogP contribution in [0.4, 0.5) is 0 Å². The van der Waals surface area contributed by atoms with Gasteiger partial charge >= 0.3 is 5.97 Å². The second kappa shape index (κ2) is 6.51. The third-order valence-corrected chi connectivity index (χ3v) is 4.43. The monoisotopic (exact) mass is 354 g/mol. The number of Topliss-reactive ketones (excluding diaryl/α,β-unsaturated/α-hetero) is 1. The molecule has 0 bridgehead atoms. The fraction of sp³-hybridized carbons (Fsp3) is 0.211. The number of benzene rings is 1. The topological polar surface area (TPSA) is 90.5 Å². The number of aromatic carboxylic acids is 1. The van der Waals surface area contributed by atoms with Gasteiger partial charge in [-0.2, -0.15) is 0 Å². The molecule has 0 radical (unpaired) electrons. The van der Waals surface area contributed by atoms with E-state index in [2.05, 4.69) is 0 Å². The van der Waals surface area contributed by atoms with Crippen LogP contribution in [0.3, 0.4) is 0 Å². The Hall–Kier alpha value is -3.35. The summed E-state index contributed by atoms with van der Waals surface area (Å²) in [5.74, 6) is -1.39. The second-order valence-corrected chi connectivity index (χ2v) is 5.97. The third kappa shape index (κ3) is 2.67. The number of carbonyl (C=O) groups excluding carboxylic acids is 1. The van der Waals surface area contributed by atoms with Crippen LogP contribution in [0.15, 0.2) is 41.2 Å². The maximum absolute atomic E-state index is 13.0. The smallest absolute Gasteiger partial charge is 0.356 e. The van der Waals surface area contributed by atoms with Gasteiger partial charge in [0.25, 0.3) is 5.56 Å². The van der Waals surface area contributed by atoms with E-state index in [1.54, 1.807) is 44.3 Å². The number of aryl methyl sites for hydroxylation is 2. The molecule has 0 spiro atoms. The van der Waals surface area contributed by atoms with E-state index < -0.39 is 11.5 Å². The first-order valence-electron chi connectivity index (χ1n) is 7.95. The molecule has 2 aromatic heterocycles. The van der Waals surface area contributed by atoms with Crippen molar-refractivity contribution >= 4 is 22.7 Å². The summed E-state index contributed by atoms with van der Waals surface area (Å²) >= 11 is 0. The predicted octanol–water partition coefficient (Wildman–Crippen LogP) is 2.24. The average Bonchev–Trinajstić information content (AvgIpc) is 2.91. The van der Waals surface area contributed by atoms with E-state index in [0.717, 1.165) is 0 Å². The molecule has 1 N–H and O–H groups in total. The largest absolute Gasteiger partial charge is 0.493 e. The SMILES string of the molecule is COc1c(C(=O)O)n(C)c2cc(C)n(CC(=O)c3ccccc3)c(=O)c12. The van der Waals surface area contributed by atoms with Gasteiger partial charge in [-0.05, 0) is 13.0 Å². The number of carboxylic acid groups (broad SMARTS) is 1. The third-order valence-electron chi connectivity index (χ3n) is 4.43. The van der Waals surface area contributed by atoms with E-state index in [-0.39, 0.29) is 29.2 Å². The molecule has 1 aromatic carbocycles. The number of fused-ring (bicyclic) bond motifs is 1. The van der Waals surface area contributed by atoms with E-state index >= 15 is 0 Å². The number of carbonyl (C=O) groups is 2. The fourth-order valence-electron chi connectivity index (χ4n) is 3.12. The molecule has 0 aliphatic heterocycles. The van der Waals surface area contributed by atoms with Crippen molar-refractivity contribution in [3.8, 4) is 5.75 Å². The number of hydrogen-bond donors (Lipinski definition) is 1. The Morgan fingerprint density at radius 2 is 1.85 bits per heavy atom. The Labute approximate surface area is 149 Å². The van der Waals surface area contributed by atoms with Crippen LogP contribution in [0, 0.1) is 6.92 Å². The molecule has 26 heavy (non-hydrogen) atoms. The van der Waals surface area contributed by atoms with Gasteiger partial charge < -0.3 is 19.0 Å². The van der Waals surface area contributed by atoms with Crippen LogP contribution >= 0.6 is 0 Å². The molecule has 0 atom stereocenters. The maximum Gasteiger partial charge on any atom is 0.356 e. The molecular formula is C19H18N2O5. The number of pyridine rings is 1. The minimum absolute atomic E-state index is 0.000843. The summed E-state index contributed by atoms with van der Waals surface area (Å²) in [4.78, 5) is 37.1. The molecule has 7 nitrogen and oxygen atoms in total. The number of ether oxygens (including phenoxy) is 1. The van der Waals surface area contributed by atoms with Crippen LogP contribution in [0.2, 0.25) is 0 Å². The normalized spacial score (nSPS) is 10.9. The summed E-state index contributed by atoms with van der Waals surface area (Å²) in [6, 6.07) is 10.4. The summed E-state index contributed by atoms with van der Waals surface area (Å²) in [5, 5.41) is 9.59. The Morgan fingerprint density at radius 1 is 1.19 bits per heavy atom. The summed E-state index contributed by atoms with van der Waals surface area (Å²) in [7, 11) is 2.88. The molecule has 0 aliphatic carbocycles. The molecule has 0 fully saturated rings. The number of methoxy groups -OCH3 is 1. The molecule has 7 heteroatoms. The van der Waals surface area contributed by atoms with Crippen LogP contribution in [0.5, 0.6) is 5.75 Å². The van der Waals surface area contributed by atoms with Crippen LogP contribution in [0.25, 0.3) is 10.9 Å². The van der Waals surface area contributed by atoms with Gasteiger partial charge in [0.2, 0.25) is 0 Å². The lowest BCUT2D eigenvalue weighted by Crippen LogP contribution is -2.26. The Morgan fingerprint density at radius 3 is 2.42 bits per heavy atom. The summed E-state index contributed by atoms with van der Waals surface area (Å²) in [5.41, 5.74) is 0.956. The van der Waals surface area contributed by atoms with Crippen molar-refractivity contribution in [2.24, 2.45) is 7.05 Å². The van der Waals surface area contributed by atoms with E-state index in [9.17, 15) is 19.5 Å². The lowest BCUT2D eigenvalue weighted by atomic mass is 10.1. The van der Waals surface area contributed by atoms with Crippen molar-refractivity contribution in [2.45, 2.75) is 13.5 Å². The molecule has 0 saturated carbocycles. The first kappa shape index (κ1) is 17.5. The van der Waals surface area contributed by atoms with Gasteiger partial charge in [-0.1, -0.05) is 30.3 Å². The Kier molecular flexibility index (Phi) is 4.38. The van der Waals surface area contributed by atoms with Crippen molar-refractivity contribution in [2.75, 3.05) is 7.11 Å². The molecule has 0 unspecified atom stereocenters. The number of rotatable bonds is 5. The van der Waals surface area contributed by atoms with Crippen LogP contribution in [-0.4, -0.2) is 33.1 Å². The quantitative estimate of drug-likeness (QED) is 0.710. The zero-order valence-corrected chi connectivity index (χ0v) is 14.6. The number of nitrogens with zero attached hydrogens (tertiary/aromatic N) is 2. The molecule has 0 saturated heterocycles. The first-order chi connectivity index (χ1) is 12.4. The van der Waals surface area contributed by atoms with E-state index in [1.165, 1.54) is 16.2 Å². The number of aromatic nitrogens is 2. The predicted molar refractivity (Wildman–Crippen MR) is 96.2 cm³/mol. The van der Waals surface area contributed by atoms with Crippen LogP contribution < -0.4 is 10.3 Å². The van der Waals surface area contributed by atoms with E-state index in [0.29, 0.717) is 16.8 Å². The van der Waals surface area contributed by atoms with Crippen molar-refractivity contribution in [3.05, 3.63) is 63.7 Å². The number of ketones is 1. The van der Waals surface area contributed by atoms with Crippen LogP contribution in [-0.2, 0) is 13.6 Å². The van der Waals surface area contributed by atoms with Gasteiger partial charge in [0.15, 0.2) is 17.2 Å². The Balaban J connectivity index is 2.21. The van der Waals surface area contributed by atoms with Crippen molar-refractivity contribution < 1.29 is 19.4 Å². The fourth-order valence-corrected chi connectivity index (χ4v) is 3.12. The van der Waals surface area contributed by atoms with Crippen molar-refractivity contribution in [3.63, 3.8) is 0 Å².